The summed E-state index contributed by atoms with van der Waals surface area (Å²) >= 11 is 3.23. The summed E-state index contributed by atoms with van der Waals surface area (Å²) in [5, 5.41) is 13.0. The van der Waals surface area contributed by atoms with Gasteiger partial charge in [0.1, 0.15) is 0 Å². The molecule has 0 saturated carbocycles. The van der Waals surface area contributed by atoms with Crippen LogP contribution in [0.15, 0.2) is 58.6 Å². The maximum absolute atomic E-state index is 12.2. The highest BCUT2D eigenvalue weighted by Gasteiger charge is 2.25. The lowest BCUT2D eigenvalue weighted by molar-refractivity contribution is 0.176. The number of fused-ring (bicyclic) bond motifs is 1. The number of hydrogen-bond donors (Lipinski definition) is 2. The number of anilines is 1. The molecule has 134 valence electrons. The molecule has 0 bridgehead atoms. The van der Waals surface area contributed by atoms with Gasteiger partial charge in [-0.2, -0.15) is 11.3 Å². The second kappa shape index (κ2) is 8.03. The van der Waals surface area contributed by atoms with Crippen LogP contribution < -0.4 is 10.6 Å². The molecular weight excluding hydrogens is 362 g/mol. The Balaban J connectivity index is 1.45. The van der Waals surface area contributed by atoms with Gasteiger partial charge < -0.3 is 5.32 Å². The van der Waals surface area contributed by atoms with E-state index in [9.17, 15) is 4.79 Å². The van der Waals surface area contributed by atoms with Crippen LogP contribution in [0, 0.1) is 0 Å². The van der Waals surface area contributed by atoms with Crippen LogP contribution in [-0.4, -0.2) is 24.0 Å². The highest BCUT2D eigenvalue weighted by Crippen LogP contribution is 2.28. The summed E-state index contributed by atoms with van der Waals surface area (Å²) in [6.45, 7) is 2.52. The number of benzene rings is 1. The van der Waals surface area contributed by atoms with Gasteiger partial charge in [-0.1, -0.05) is 24.3 Å². The molecule has 3 aromatic rings. The summed E-state index contributed by atoms with van der Waals surface area (Å²) < 4.78 is 0. The largest absolute Gasteiger partial charge is 0.336 e. The van der Waals surface area contributed by atoms with Gasteiger partial charge in [-0.3, -0.25) is 10.2 Å². The van der Waals surface area contributed by atoms with Gasteiger partial charge in [-0.15, -0.1) is 11.3 Å². The highest BCUT2D eigenvalue weighted by atomic mass is 32.1. The van der Waals surface area contributed by atoms with E-state index in [1.165, 1.54) is 28.0 Å². The van der Waals surface area contributed by atoms with E-state index in [0.717, 1.165) is 24.5 Å². The van der Waals surface area contributed by atoms with E-state index >= 15 is 0 Å². The van der Waals surface area contributed by atoms with Crippen molar-refractivity contribution < 1.29 is 4.79 Å². The predicted octanol–water partition coefficient (Wildman–Crippen LogP) is 4.73. The molecule has 1 aromatic carbocycles. The lowest BCUT2D eigenvalue weighted by Crippen LogP contribution is -2.41. The van der Waals surface area contributed by atoms with Gasteiger partial charge in [0.25, 0.3) is 0 Å². The molecule has 0 fully saturated rings. The second-order valence-corrected chi connectivity index (χ2v) is 8.10. The van der Waals surface area contributed by atoms with Crippen molar-refractivity contribution in [3.8, 4) is 0 Å². The molecule has 0 aliphatic carbocycles. The van der Waals surface area contributed by atoms with E-state index in [2.05, 4.69) is 56.6 Å². The molecule has 1 aliphatic rings. The third-order valence-electron chi connectivity index (χ3n) is 4.74. The van der Waals surface area contributed by atoms with E-state index in [1.54, 1.807) is 11.3 Å². The number of amides is 2. The normalized spacial score (nSPS) is 15.2. The standard InChI is InChI=1S/C20H21N3OS2/c24-20(22-19-6-3-10-26-19)21-12-18(17-8-11-25-14-17)23-9-7-15-4-1-2-5-16(15)13-23/h1-6,8,10-11,14,18H,7,9,12-13H2,(H2,21,22,24)/t18-/m1/s1. The van der Waals surface area contributed by atoms with E-state index in [0.29, 0.717) is 6.54 Å². The highest BCUT2D eigenvalue weighted by molar-refractivity contribution is 7.14. The minimum atomic E-state index is -0.148. The van der Waals surface area contributed by atoms with Crippen LogP contribution in [-0.2, 0) is 13.0 Å². The molecule has 2 N–H and O–H groups in total. The zero-order valence-corrected chi connectivity index (χ0v) is 16.0. The van der Waals surface area contributed by atoms with E-state index in [4.69, 9.17) is 0 Å². The fraction of sp³-hybridized carbons (Fsp3) is 0.250. The van der Waals surface area contributed by atoms with Crippen LogP contribution in [0.5, 0.6) is 0 Å². The summed E-state index contributed by atoms with van der Waals surface area (Å²) in [7, 11) is 0. The SMILES string of the molecule is O=C(NC[C@H](c1ccsc1)N1CCc2ccccc2C1)Nc1cccs1. The molecule has 0 spiro atoms. The van der Waals surface area contributed by atoms with Gasteiger partial charge in [0.2, 0.25) is 0 Å². The molecule has 0 radical (unpaired) electrons. The van der Waals surface area contributed by atoms with Crippen LogP contribution in [0.3, 0.4) is 0 Å². The number of hydrogen-bond acceptors (Lipinski definition) is 4. The van der Waals surface area contributed by atoms with Crippen molar-refractivity contribution in [2.45, 2.75) is 19.0 Å². The summed E-state index contributed by atoms with van der Waals surface area (Å²) in [5.41, 5.74) is 4.10. The first-order valence-corrected chi connectivity index (χ1v) is 10.5. The molecule has 0 unspecified atom stereocenters. The van der Waals surface area contributed by atoms with Crippen LogP contribution in [0.2, 0.25) is 0 Å². The van der Waals surface area contributed by atoms with Crippen molar-refractivity contribution in [3.63, 3.8) is 0 Å². The molecule has 1 aliphatic heterocycles. The first-order chi connectivity index (χ1) is 12.8. The topological polar surface area (TPSA) is 44.4 Å². The molecule has 26 heavy (non-hydrogen) atoms. The van der Waals surface area contributed by atoms with Crippen molar-refractivity contribution in [2.24, 2.45) is 0 Å². The number of carbonyl (C=O) groups excluding carboxylic acids is 1. The second-order valence-electron chi connectivity index (χ2n) is 6.37. The number of urea groups is 1. The number of nitrogens with one attached hydrogen (secondary N) is 2. The van der Waals surface area contributed by atoms with Gasteiger partial charge in [-0.25, -0.2) is 4.79 Å². The number of rotatable bonds is 5. The van der Waals surface area contributed by atoms with Crippen molar-refractivity contribution in [3.05, 3.63) is 75.3 Å². The Morgan fingerprint density at radius 1 is 1.12 bits per heavy atom. The zero-order valence-electron chi connectivity index (χ0n) is 14.4. The van der Waals surface area contributed by atoms with Crippen LogP contribution >= 0.6 is 22.7 Å². The zero-order chi connectivity index (χ0) is 17.8. The molecule has 4 rings (SSSR count). The van der Waals surface area contributed by atoms with E-state index in [-0.39, 0.29) is 12.1 Å². The first kappa shape index (κ1) is 17.3. The molecule has 0 saturated heterocycles. The maximum atomic E-state index is 12.2. The van der Waals surface area contributed by atoms with Gasteiger partial charge in [-0.05, 0) is 57.5 Å². The van der Waals surface area contributed by atoms with Gasteiger partial charge in [0, 0.05) is 19.6 Å². The molecule has 2 aromatic heterocycles. The maximum Gasteiger partial charge on any atom is 0.319 e. The third-order valence-corrected chi connectivity index (χ3v) is 6.23. The first-order valence-electron chi connectivity index (χ1n) is 8.71. The fourth-order valence-corrected chi connectivity index (χ4v) is 4.72. The summed E-state index contributed by atoms with van der Waals surface area (Å²) in [5.74, 6) is 0. The molecular formula is C20H21N3OS2. The van der Waals surface area contributed by atoms with Crippen molar-refractivity contribution in [2.75, 3.05) is 18.4 Å². The Kier molecular flexibility index (Phi) is 5.34. The lowest BCUT2D eigenvalue weighted by Gasteiger charge is -2.35. The average molecular weight is 384 g/mol. The monoisotopic (exact) mass is 383 g/mol. The minimum absolute atomic E-state index is 0.148. The Bertz CT molecular complexity index is 846. The smallest absolute Gasteiger partial charge is 0.319 e. The van der Waals surface area contributed by atoms with Crippen LogP contribution in [0.1, 0.15) is 22.7 Å². The van der Waals surface area contributed by atoms with E-state index in [1.807, 2.05) is 17.5 Å². The minimum Gasteiger partial charge on any atom is -0.336 e. The van der Waals surface area contributed by atoms with E-state index < -0.39 is 0 Å². The number of nitrogens with zero attached hydrogens (tertiary/aromatic N) is 1. The molecule has 2 amide bonds. The van der Waals surface area contributed by atoms with Crippen LogP contribution in [0.25, 0.3) is 0 Å². The van der Waals surface area contributed by atoms with Gasteiger partial charge >= 0.3 is 6.03 Å². The molecule has 3 heterocycles. The average Bonchev–Trinajstić information content (AvgIpc) is 3.36. The predicted molar refractivity (Wildman–Crippen MR) is 109 cm³/mol. The van der Waals surface area contributed by atoms with Gasteiger partial charge in [0.15, 0.2) is 0 Å². The summed E-state index contributed by atoms with van der Waals surface area (Å²) in [4.78, 5) is 14.7. The molecule has 4 nitrogen and oxygen atoms in total. The molecule has 6 heteroatoms. The van der Waals surface area contributed by atoms with Crippen molar-refractivity contribution in [1.82, 2.24) is 10.2 Å². The number of thiophene rings is 2. The summed E-state index contributed by atoms with van der Waals surface area (Å²) in [6, 6.07) is 14.7. The Morgan fingerprint density at radius 2 is 2.00 bits per heavy atom. The van der Waals surface area contributed by atoms with Crippen LogP contribution in [0.4, 0.5) is 9.80 Å². The Labute approximate surface area is 161 Å². The summed E-state index contributed by atoms with van der Waals surface area (Å²) in [6.07, 6.45) is 1.05. The fourth-order valence-electron chi connectivity index (χ4n) is 3.40. The van der Waals surface area contributed by atoms with Gasteiger partial charge in [0.05, 0.1) is 11.0 Å². The Hall–Kier alpha value is -2.15. The number of carbonyl (C=O) groups is 1. The lowest BCUT2D eigenvalue weighted by atomic mass is 9.97. The quantitative estimate of drug-likeness (QED) is 0.669. The molecule has 1 atom stereocenters. The Morgan fingerprint density at radius 3 is 2.77 bits per heavy atom. The third kappa shape index (κ3) is 3.98. The van der Waals surface area contributed by atoms with Crippen molar-refractivity contribution in [1.29, 1.82) is 0 Å². The van der Waals surface area contributed by atoms with Crippen molar-refractivity contribution >= 4 is 33.7 Å².